The number of nitrogens with zero attached hydrogens (tertiary/aromatic N) is 1. The Kier molecular flexibility index (Phi) is 3.81. The number of hydrogen-bond donors (Lipinski definition) is 1. The molecule has 0 amide bonds. The molecule has 1 aromatic carbocycles. The maximum Gasteiger partial charge on any atom is 0.166 e. The first-order valence-electron chi connectivity index (χ1n) is 5.36. The van der Waals surface area contributed by atoms with E-state index < -0.39 is 0 Å². The number of hydrogen-bond acceptors (Lipinski definition) is 3. The lowest BCUT2D eigenvalue weighted by molar-refractivity contribution is 0.305. The fourth-order valence-electron chi connectivity index (χ4n) is 1.50. The highest BCUT2D eigenvalue weighted by Crippen LogP contribution is 2.23. The number of nitrogens with two attached hydrogens (primary N) is 1. The average molecular weight is 311 g/mol. The fourth-order valence-corrected chi connectivity index (χ4v) is 1.86. The predicted octanol–water partition coefficient (Wildman–Crippen LogP) is 3.45. The molecule has 0 aliphatic carbocycles. The van der Waals surface area contributed by atoms with Crippen LogP contribution in [0.5, 0.6) is 5.75 Å². The van der Waals surface area contributed by atoms with Crippen molar-refractivity contribution in [3.05, 3.63) is 51.9 Å². The molecule has 1 heterocycles. The van der Waals surface area contributed by atoms with Gasteiger partial charge in [-0.2, -0.15) is 0 Å². The van der Waals surface area contributed by atoms with E-state index in [1.165, 1.54) is 12.1 Å². The Morgan fingerprint density at radius 2 is 2.11 bits per heavy atom. The van der Waals surface area contributed by atoms with Crippen LogP contribution in [-0.4, -0.2) is 4.98 Å². The molecule has 0 fully saturated rings. The average Bonchev–Trinajstić information content (AvgIpc) is 2.32. The van der Waals surface area contributed by atoms with Crippen LogP contribution >= 0.6 is 15.9 Å². The summed E-state index contributed by atoms with van der Waals surface area (Å²) in [6.45, 7) is 2.08. The molecule has 0 aliphatic rings. The smallest absolute Gasteiger partial charge is 0.166 e. The summed E-state index contributed by atoms with van der Waals surface area (Å²) in [5, 5.41) is 0. The largest absolute Gasteiger partial charge is 0.485 e. The van der Waals surface area contributed by atoms with E-state index in [-0.39, 0.29) is 12.4 Å². The first-order chi connectivity index (χ1) is 8.56. The lowest BCUT2D eigenvalue weighted by Crippen LogP contribution is -2.02. The van der Waals surface area contributed by atoms with E-state index in [2.05, 4.69) is 20.9 Å². The molecule has 0 atom stereocenters. The number of rotatable bonds is 3. The summed E-state index contributed by atoms with van der Waals surface area (Å²) < 4.78 is 19.4. The van der Waals surface area contributed by atoms with Crippen molar-refractivity contribution < 1.29 is 9.13 Å². The van der Waals surface area contributed by atoms with E-state index in [0.29, 0.717) is 11.6 Å². The summed E-state index contributed by atoms with van der Waals surface area (Å²) in [6, 6.07) is 8.01. The summed E-state index contributed by atoms with van der Waals surface area (Å²) in [4.78, 5) is 4.09. The van der Waals surface area contributed by atoms with Crippen LogP contribution in [0.25, 0.3) is 0 Å². The second-order valence-corrected chi connectivity index (χ2v) is 4.71. The second-order valence-electron chi connectivity index (χ2n) is 3.86. The van der Waals surface area contributed by atoms with Gasteiger partial charge in [0, 0.05) is 15.7 Å². The van der Waals surface area contributed by atoms with Gasteiger partial charge in [0.25, 0.3) is 0 Å². The van der Waals surface area contributed by atoms with Crippen molar-refractivity contribution in [2.45, 2.75) is 13.5 Å². The van der Waals surface area contributed by atoms with E-state index in [9.17, 15) is 4.39 Å². The highest BCUT2D eigenvalue weighted by Gasteiger charge is 2.06. The quantitative estimate of drug-likeness (QED) is 0.944. The Morgan fingerprint density at radius 1 is 1.33 bits per heavy atom. The molecule has 0 saturated carbocycles. The van der Waals surface area contributed by atoms with Gasteiger partial charge in [-0.3, -0.25) is 0 Å². The van der Waals surface area contributed by atoms with Gasteiger partial charge in [0.15, 0.2) is 11.6 Å². The molecule has 2 aromatic rings. The highest BCUT2D eigenvalue weighted by molar-refractivity contribution is 9.10. The third-order valence-electron chi connectivity index (χ3n) is 2.42. The van der Waals surface area contributed by atoms with Crippen LogP contribution in [-0.2, 0) is 6.61 Å². The number of halogens is 2. The zero-order chi connectivity index (χ0) is 13.1. The minimum absolute atomic E-state index is 0.229. The second kappa shape index (κ2) is 5.35. The van der Waals surface area contributed by atoms with E-state index in [4.69, 9.17) is 10.5 Å². The molecule has 2 rings (SSSR count). The van der Waals surface area contributed by atoms with Crippen LogP contribution in [0.3, 0.4) is 0 Å². The van der Waals surface area contributed by atoms with Gasteiger partial charge in [0.1, 0.15) is 12.4 Å². The zero-order valence-electron chi connectivity index (χ0n) is 9.78. The summed E-state index contributed by atoms with van der Waals surface area (Å²) in [5.74, 6) is 0.533. The van der Waals surface area contributed by atoms with Crippen LogP contribution < -0.4 is 10.5 Å². The third kappa shape index (κ3) is 2.98. The maximum absolute atomic E-state index is 13.1. The van der Waals surface area contributed by atoms with Crippen LogP contribution in [0, 0.1) is 12.7 Å². The van der Waals surface area contributed by atoms with Crippen LogP contribution in [0.15, 0.2) is 34.8 Å². The van der Waals surface area contributed by atoms with Crippen molar-refractivity contribution in [3.8, 4) is 5.75 Å². The zero-order valence-corrected chi connectivity index (χ0v) is 11.4. The first-order valence-corrected chi connectivity index (χ1v) is 6.15. The van der Waals surface area contributed by atoms with E-state index in [1.807, 2.05) is 13.0 Å². The van der Waals surface area contributed by atoms with Gasteiger partial charge in [0.05, 0.1) is 0 Å². The minimum atomic E-state index is -0.299. The molecule has 0 aliphatic heterocycles. The van der Waals surface area contributed by atoms with Gasteiger partial charge >= 0.3 is 0 Å². The standard InChI is InChI=1S/C13H12BrFN2O/c1-8-2-5-12(13(16)17-8)18-7-9-6-10(15)3-4-11(9)14/h2-6H,7H2,1H3,(H2,16,17). The lowest BCUT2D eigenvalue weighted by atomic mass is 10.2. The van der Waals surface area contributed by atoms with Gasteiger partial charge in [-0.05, 0) is 37.3 Å². The summed E-state index contributed by atoms with van der Waals surface area (Å²) in [6.07, 6.45) is 0. The Labute approximate surface area is 113 Å². The van der Waals surface area contributed by atoms with Gasteiger partial charge in [0.2, 0.25) is 0 Å². The number of benzene rings is 1. The topological polar surface area (TPSA) is 48.1 Å². The molecule has 0 radical (unpaired) electrons. The molecule has 0 unspecified atom stereocenters. The van der Waals surface area contributed by atoms with Crippen LogP contribution in [0.4, 0.5) is 10.2 Å². The maximum atomic E-state index is 13.1. The fraction of sp³-hybridized carbons (Fsp3) is 0.154. The SMILES string of the molecule is Cc1ccc(OCc2cc(F)ccc2Br)c(N)n1. The Hall–Kier alpha value is -1.62. The molecular formula is C13H12BrFN2O. The molecule has 0 spiro atoms. The van der Waals surface area contributed by atoms with Gasteiger partial charge in [-0.15, -0.1) is 0 Å². The predicted molar refractivity (Wildman–Crippen MR) is 71.8 cm³/mol. The molecule has 3 nitrogen and oxygen atoms in total. The number of nitrogen functional groups attached to an aromatic ring is 1. The number of ether oxygens (including phenoxy) is 1. The molecule has 2 N–H and O–H groups in total. The van der Waals surface area contributed by atoms with Crippen molar-refractivity contribution >= 4 is 21.7 Å². The molecule has 0 saturated heterocycles. The van der Waals surface area contributed by atoms with Crippen LogP contribution in [0.1, 0.15) is 11.3 Å². The highest BCUT2D eigenvalue weighted by atomic mass is 79.9. The van der Waals surface area contributed by atoms with E-state index >= 15 is 0 Å². The summed E-state index contributed by atoms with van der Waals surface area (Å²) in [7, 11) is 0. The Bertz CT molecular complexity index is 575. The number of pyridine rings is 1. The molecule has 94 valence electrons. The minimum Gasteiger partial charge on any atom is -0.485 e. The van der Waals surface area contributed by atoms with Crippen LogP contribution in [0.2, 0.25) is 0 Å². The first kappa shape index (κ1) is 12.8. The van der Waals surface area contributed by atoms with Gasteiger partial charge in [-0.25, -0.2) is 9.37 Å². The Morgan fingerprint density at radius 3 is 2.83 bits per heavy atom. The van der Waals surface area contributed by atoms with Gasteiger partial charge < -0.3 is 10.5 Å². The third-order valence-corrected chi connectivity index (χ3v) is 3.19. The molecule has 5 heteroatoms. The number of aryl methyl sites for hydroxylation is 1. The summed E-state index contributed by atoms with van der Waals surface area (Å²) >= 11 is 3.34. The van der Waals surface area contributed by atoms with Crippen molar-refractivity contribution in [1.82, 2.24) is 4.98 Å². The monoisotopic (exact) mass is 310 g/mol. The summed E-state index contributed by atoms with van der Waals surface area (Å²) in [5.41, 5.74) is 7.27. The molecule has 0 bridgehead atoms. The van der Waals surface area contributed by atoms with E-state index in [1.54, 1.807) is 12.1 Å². The molecule has 1 aromatic heterocycles. The molecular weight excluding hydrogens is 299 g/mol. The molecule has 18 heavy (non-hydrogen) atoms. The van der Waals surface area contributed by atoms with Gasteiger partial charge in [-0.1, -0.05) is 15.9 Å². The van der Waals surface area contributed by atoms with Crippen molar-refractivity contribution in [3.63, 3.8) is 0 Å². The lowest BCUT2D eigenvalue weighted by Gasteiger charge is -2.10. The van der Waals surface area contributed by atoms with E-state index in [0.717, 1.165) is 15.7 Å². The number of aromatic nitrogens is 1. The Balaban J connectivity index is 2.13. The number of anilines is 1. The normalized spacial score (nSPS) is 10.4. The van der Waals surface area contributed by atoms with Crippen molar-refractivity contribution in [1.29, 1.82) is 0 Å². The van der Waals surface area contributed by atoms with Crippen molar-refractivity contribution in [2.75, 3.05) is 5.73 Å². The van der Waals surface area contributed by atoms with Crippen molar-refractivity contribution in [2.24, 2.45) is 0 Å².